The van der Waals surface area contributed by atoms with Crippen LogP contribution in [0.1, 0.15) is 33.3 Å². The Bertz CT molecular complexity index is 1480. The maximum atomic E-state index is 13.6. The summed E-state index contributed by atoms with van der Waals surface area (Å²) >= 11 is 1.43. The summed E-state index contributed by atoms with van der Waals surface area (Å²) in [5.41, 5.74) is 5.72. The molecule has 6 rings (SSSR count). The summed E-state index contributed by atoms with van der Waals surface area (Å²) in [5, 5.41) is 13.4. The topological polar surface area (TPSA) is 50.5 Å². The highest BCUT2D eigenvalue weighted by Gasteiger charge is 2.36. The van der Waals surface area contributed by atoms with Gasteiger partial charge < -0.3 is 0 Å². The third-order valence-electron chi connectivity index (χ3n) is 6.13. The highest BCUT2D eigenvalue weighted by molar-refractivity contribution is 7.12. The molecule has 0 saturated carbocycles. The van der Waals surface area contributed by atoms with E-state index in [2.05, 4.69) is 12.1 Å². The summed E-state index contributed by atoms with van der Waals surface area (Å²) in [6.45, 7) is 0. The second-order valence-corrected chi connectivity index (χ2v) is 9.29. The molecule has 1 aliphatic rings. The number of hydrogen-bond donors (Lipinski definition) is 0. The van der Waals surface area contributed by atoms with Crippen molar-refractivity contribution >= 4 is 23.0 Å². The number of amides is 1. The van der Waals surface area contributed by atoms with Crippen LogP contribution in [0.2, 0.25) is 0 Å². The van der Waals surface area contributed by atoms with Gasteiger partial charge in [0, 0.05) is 23.7 Å². The predicted octanol–water partition coefficient (Wildman–Crippen LogP) is 6.59. The average Bonchev–Trinajstić information content (AvgIpc) is 3.70. The number of nitrogens with zero attached hydrogens (tertiary/aromatic N) is 4. The first-order valence-corrected chi connectivity index (χ1v) is 12.4. The van der Waals surface area contributed by atoms with E-state index in [4.69, 9.17) is 10.2 Å². The molecule has 1 amide bonds. The minimum atomic E-state index is -0.271. The van der Waals surface area contributed by atoms with E-state index >= 15 is 0 Å². The number of benzene rings is 3. The number of carbonyl (C=O) groups excluding carboxylic acids is 1. The Morgan fingerprint density at radius 2 is 1.46 bits per heavy atom. The van der Waals surface area contributed by atoms with Gasteiger partial charge in [-0.05, 0) is 29.1 Å². The molecule has 6 heteroatoms. The monoisotopic (exact) mass is 474 g/mol. The van der Waals surface area contributed by atoms with Crippen LogP contribution in [-0.2, 0) is 0 Å². The highest BCUT2D eigenvalue weighted by atomic mass is 32.1. The first-order valence-electron chi connectivity index (χ1n) is 11.5. The van der Waals surface area contributed by atoms with Crippen molar-refractivity contribution in [2.75, 3.05) is 0 Å². The maximum absolute atomic E-state index is 13.6. The number of hydrazone groups is 1. The van der Waals surface area contributed by atoms with Crippen LogP contribution >= 0.6 is 11.3 Å². The first-order chi connectivity index (χ1) is 17.3. The van der Waals surface area contributed by atoms with Gasteiger partial charge in [0.15, 0.2) is 0 Å². The van der Waals surface area contributed by atoms with Crippen LogP contribution in [0.5, 0.6) is 0 Å². The van der Waals surface area contributed by atoms with Crippen molar-refractivity contribution in [2.24, 2.45) is 5.10 Å². The molecule has 1 unspecified atom stereocenters. The highest BCUT2D eigenvalue weighted by Crippen LogP contribution is 2.39. The van der Waals surface area contributed by atoms with Gasteiger partial charge in [0.05, 0.1) is 28.0 Å². The van der Waals surface area contributed by atoms with Gasteiger partial charge in [0.1, 0.15) is 0 Å². The lowest BCUT2D eigenvalue weighted by Gasteiger charge is -2.21. The molecule has 5 nitrogen and oxygen atoms in total. The molecule has 1 atom stereocenters. The Hall–Kier alpha value is -4.29. The van der Waals surface area contributed by atoms with Crippen molar-refractivity contribution in [1.82, 2.24) is 14.8 Å². The number of carbonyl (C=O) groups is 1. The molecule has 3 heterocycles. The average molecular weight is 475 g/mol. The lowest BCUT2D eigenvalue weighted by Crippen LogP contribution is -2.26. The van der Waals surface area contributed by atoms with Gasteiger partial charge in [0.25, 0.3) is 5.91 Å². The molecular formula is C29H22N4OS. The molecule has 0 bridgehead atoms. The number of thiophene rings is 1. The molecule has 2 aromatic heterocycles. The zero-order chi connectivity index (χ0) is 23.6. The summed E-state index contributed by atoms with van der Waals surface area (Å²) in [6, 6.07) is 33.7. The Labute approximate surface area is 207 Å². The molecule has 5 aromatic rings. The smallest absolute Gasteiger partial charge is 0.266 e. The molecule has 0 saturated heterocycles. The summed E-state index contributed by atoms with van der Waals surface area (Å²) in [5.74, 6) is -0.0950. The Morgan fingerprint density at radius 3 is 2.11 bits per heavy atom. The summed E-state index contributed by atoms with van der Waals surface area (Å²) < 4.78 is 1.89. The number of aromatic nitrogens is 2. The van der Waals surface area contributed by atoms with E-state index in [0.29, 0.717) is 11.3 Å². The minimum Gasteiger partial charge on any atom is -0.266 e. The van der Waals surface area contributed by atoms with Gasteiger partial charge in [0.2, 0.25) is 0 Å². The SMILES string of the molecule is O=C(c1cccs1)N1N=C(c2ccccc2)CC1c1cn(-c2ccccc2)nc1-c1ccccc1. The van der Waals surface area contributed by atoms with Gasteiger partial charge >= 0.3 is 0 Å². The lowest BCUT2D eigenvalue weighted by atomic mass is 9.96. The molecule has 0 fully saturated rings. The molecule has 1 aliphatic heterocycles. The molecule has 170 valence electrons. The minimum absolute atomic E-state index is 0.0950. The largest absolute Gasteiger partial charge is 0.284 e. The molecule has 3 aromatic carbocycles. The second-order valence-electron chi connectivity index (χ2n) is 8.34. The fraction of sp³-hybridized carbons (Fsp3) is 0.0690. The van der Waals surface area contributed by atoms with E-state index in [9.17, 15) is 4.79 Å². The van der Waals surface area contributed by atoms with Gasteiger partial charge in [-0.2, -0.15) is 10.2 Å². The molecule has 0 radical (unpaired) electrons. The number of para-hydroxylation sites is 1. The van der Waals surface area contributed by atoms with Crippen LogP contribution < -0.4 is 0 Å². The van der Waals surface area contributed by atoms with Crippen molar-refractivity contribution in [3.05, 3.63) is 131 Å². The van der Waals surface area contributed by atoms with Gasteiger partial charge in [-0.25, -0.2) is 9.69 Å². The third-order valence-corrected chi connectivity index (χ3v) is 6.98. The summed E-state index contributed by atoms with van der Waals surface area (Å²) in [7, 11) is 0. The standard InChI is InChI=1S/C29H22N4OS/c34-29(27-17-10-18-35-27)33-26(19-25(30-33)21-11-4-1-5-12-21)24-20-32(23-15-8-3-9-16-23)31-28(24)22-13-6-2-7-14-22/h1-18,20,26H,19H2. The Morgan fingerprint density at radius 1 is 0.800 bits per heavy atom. The molecule has 0 N–H and O–H groups in total. The summed E-state index contributed by atoms with van der Waals surface area (Å²) in [4.78, 5) is 14.3. The van der Waals surface area contributed by atoms with Crippen LogP contribution in [0.15, 0.2) is 120 Å². The van der Waals surface area contributed by atoms with Gasteiger partial charge in [-0.1, -0.05) is 84.9 Å². The number of rotatable bonds is 5. The van der Waals surface area contributed by atoms with E-state index in [1.807, 2.05) is 107 Å². The van der Waals surface area contributed by atoms with Crippen LogP contribution in [0.4, 0.5) is 0 Å². The zero-order valence-corrected chi connectivity index (χ0v) is 19.7. The maximum Gasteiger partial charge on any atom is 0.284 e. The molecule has 0 aliphatic carbocycles. The van der Waals surface area contributed by atoms with Gasteiger partial charge in [-0.15, -0.1) is 11.3 Å². The van der Waals surface area contributed by atoms with Crippen LogP contribution in [0.25, 0.3) is 16.9 Å². The fourth-order valence-electron chi connectivity index (χ4n) is 4.42. The van der Waals surface area contributed by atoms with E-state index < -0.39 is 0 Å². The Kier molecular flexibility index (Phi) is 5.56. The normalized spacial score (nSPS) is 15.3. The van der Waals surface area contributed by atoms with Crippen LogP contribution in [0.3, 0.4) is 0 Å². The van der Waals surface area contributed by atoms with Crippen molar-refractivity contribution in [2.45, 2.75) is 12.5 Å². The van der Waals surface area contributed by atoms with E-state index in [1.165, 1.54) is 11.3 Å². The van der Waals surface area contributed by atoms with E-state index in [-0.39, 0.29) is 11.9 Å². The molecular weight excluding hydrogens is 452 g/mol. The first kappa shape index (κ1) is 21.3. The van der Waals surface area contributed by atoms with Crippen molar-refractivity contribution in [3.8, 4) is 16.9 Å². The van der Waals surface area contributed by atoms with Crippen molar-refractivity contribution in [3.63, 3.8) is 0 Å². The van der Waals surface area contributed by atoms with Gasteiger partial charge in [-0.3, -0.25) is 4.79 Å². The summed E-state index contributed by atoms with van der Waals surface area (Å²) in [6.07, 6.45) is 2.65. The predicted molar refractivity (Wildman–Crippen MR) is 140 cm³/mol. The molecule has 35 heavy (non-hydrogen) atoms. The number of hydrogen-bond acceptors (Lipinski definition) is 4. The quantitative estimate of drug-likeness (QED) is 0.288. The Balaban J connectivity index is 1.49. The molecule has 0 spiro atoms. The van der Waals surface area contributed by atoms with Crippen molar-refractivity contribution < 1.29 is 4.79 Å². The zero-order valence-electron chi connectivity index (χ0n) is 18.9. The van der Waals surface area contributed by atoms with E-state index in [0.717, 1.165) is 33.8 Å². The van der Waals surface area contributed by atoms with Crippen LogP contribution in [0, 0.1) is 0 Å². The second kappa shape index (κ2) is 9.16. The lowest BCUT2D eigenvalue weighted by molar-refractivity contribution is 0.0716. The van der Waals surface area contributed by atoms with Crippen molar-refractivity contribution in [1.29, 1.82) is 0 Å². The third kappa shape index (κ3) is 4.09. The fourth-order valence-corrected chi connectivity index (χ4v) is 5.08. The van der Waals surface area contributed by atoms with Crippen LogP contribution in [-0.4, -0.2) is 26.4 Å². The van der Waals surface area contributed by atoms with E-state index in [1.54, 1.807) is 5.01 Å².